The Morgan fingerprint density at radius 3 is 2.59 bits per heavy atom. The maximum atomic E-state index is 12.0. The van der Waals surface area contributed by atoms with Crippen LogP contribution >= 0.6 is 12.2 Å². The van der Waals surface area contributed by atoms with Crippen molar-refractivity contribution >= 4 is 23.1 Å². The van der Waals surface area contributed by atoms with Crippen LogP contribution < -0.4 is 5.73 Å². The lowest BCUT2D eigenvalue weighted by atomic mass is 10.0. The summed E-state index contributed by atoms with van der Waals surface area (Å²) in [6.07, 6.45) is 7.93. The van der Waals surface area contributed by atoms with Crippen LogP contribution in [0.5, 0.6) is 0 Å². The predicted octanol–water partition coefficient (Wildman–Crippen LogP) is 2.48. The summed E-state index contributed by atoms with van der Waals surface area (Å²) >= 11 is 4.88. The summed E-state index contributed by atoms with van der Waals surface area (Å²) in [4.78, 5) is 14.2. The molecule has 0 radical (unpaired) electrons. The van der Waals surface area contributed by atoms with E-state index in [0.29, 0.717) is 18.0 Å². The normalized spacial score (nSPS) is 16.1. The maximum absolute atomic E-state index is 12.0. The van der Waals surface area contributed by atoms with E-state index in [1.807, 2.05) is 0 Å². The summed E-state index contributed by atoms with van der Waals surface area (Å²) in [5, 5.41) is 0. The summed E-state index contributed by atoms with van der Waals surface area (Å²) in [6.45, 7) is 3.27. The second-order valence-corrected chi connectivity index (χ2v) is 5.50. The van der Waals surface area contributed by atoms with Gasteiger partial charge in [-0.2, -0.15) is 0 Å². The molecule has 17 heavy (non-hydrogen) atoms. The van der Waals surface area contributed by atoms with Crippen LogP contribution in [-0.2, 0) is 4.79 Å². The molecular weight excluding hydrogens is 232 g/mol. The molecule has 0 atom stereocenters. The van der Waals surface area contributed by atoms with Crippen molar-refractivity contribution in [2.24, 2.45) is 11.7 Å². The summed E-state index contributed by atoms with van der Waals surface area (Å²) in [5.41, 5.74) is 5.52. The quantitative estimate of drug-likeness (QED) is 0.712. The molecule has 1 saturated carbocycles. The van der Waals surface area contributed by atoms with Gasteiger partial charge in [0.05, 0.1) is 11.5 Å². The Bertz CT molecular complexity index is 262. The van der Waals surface area contributed by atoms with Gasteiger partial charge in [-0.05, 0) is 18.8 Å². The molecule has 4 heteroatoms. The SMILES string of the molecule is CCCN(CC(N)=S)C(=O)CCC1CCCC1. The van der Waals surface area contributed by atoms with Crippen LogP contribution in [0, 0.1) is 5.92 Å². The molecule has 1 fully saturated rings. The second kappa shape index (κ2) is 7.64. The first-order valence-corrected chi connectivity index (χ1v) is 7.10. The fourth-order valence-corrected chi connectivity index (χ4v) is 2.69. The number of amides is 1. The lowest BCUT2D eigenvalue weighted by Crippen LogP contribution is -2.38. The highest BCUT2D eigenvalue weighted by Gasteiger charge is 2.19. The van der Waals surface area contributed by atoms with Crippen LogP contribution in [-0.4, -0.2) is 28.9 Å². The summed E-state index contributed by atoms with van der Waals surface area (Å²) in [5.74, 6) is 0.985. The third kappa shape index (κ3) is 5.48. The topological polar surface area (TPSA) is 46.3 Å². The minimum atomic E-state index is 0.214. The van der Waals surface area contributed by atoms with Crippen LogP contribution in [0.15, 0.2) is 0 Å². The van der Waals surface area contributed by atoms with Gasteiger partial charge in [0.1, 0.15) is 0 Å². The minimum absolute atomic E-state index is 0.214. The van der Waals surface area contributed by atoms with Crippen molar-refractivity contribution in [1.82, 2.24) is 4.90 Å². The van der Waals surface area contributed by atoms with Crippen LogP contribution in [0.1, 0.15) is 51.9 Å². The monoisotopic (exact) mass is 256 g/mol. The van der Waals surface area contributed by atoms with Gasteiger partial charge in [0, 0.05) is 13.0 Å². The summed E-state index contributed by atoms with van der Waals surface area (Å²) < 4.78 is 0. The third-order valence-corrected chi connectivity index (χ3v) is 3.56. The smallest absolute Gasteiger partial charge is 0.222 e. The van der Waals surface area contributed by atoms with Crippen molar-refractivity contribution in [2.45, 2.75) is 51.9 Å². The van der Waals surface area contributed by atoms with Crippen LogP contribution in [0.2, 0.25) is 0 Å². The Balaban J connectivity index is 2.32. The lowest BCUT2D eigenvalue weighted by Gasteiger charge is -2.22. The lowest BCUT2D eigenvalue weighted by molar-refractivity contribution is -0.130. The van der Waals surface area contributed by atoms with E-state index < -0.39 is 0 Å². The fraction of sp³-hybridized carbons (Fsp3) is 0.846. The molecule has 1 rings (SSSR count). The highest BCUT2D eigenvalue weighted by atomic mass is 32.1. The van der Waals surface area contributed by atoms with E-state index >= 15 is 0 Å². The number of hydrogen-bond donors (Lipinski definition) is 1. The number of carbonyl (C=O) groups excluding carboxylic acids is 1. The Morgan fingerprint density at radius 2 is 2.06 bits per heavy atom. The molecule has 0 aromatic rings. The molecule has 0 heterocycles. The van der Waals surface area contributed by atoms with Gasteiger partial charge in [-0.25, -0.2) is 0 Å². The molecule has 98 valence electrons. The third-order valence-electron chi connectivity index (χ3n) is 3.43. The zero-order chi connectivity index (χ0) is 12.7. The molecule has 0 aromatic carbocycles. The molecule has 1 amide bonds. The first-order valence-electron chi connectivity index (χ1n) is 6.69. The van der Waals surface area contributed by atoms with Crippen LogP contribution in [0.25, 0.3) is 0 Å². The molecule has 0 spiro atoms. The van der Waals surface area contributed by atoms with E-state index in [2.05, 4.69) is 6.92 Å². The van der Waals surface area contributed by atoms with E-state index in [-0.39, 0.29) is 5.91 Å². The van der Waals surface area contributed by atoms with Gasteiger partial charge >= 0.3 is 0 Å². The van der Waals surface area contributed by atoms with Gasteiger partial charge in [-0.1, -0.05) is 44.8 Å². The largest absolute Gasteiger partial charge is 0.392 e. The molecule has 0 unspecified atom stereocenters. The van der Waals surface area contributed by atoms with Crippen molar-refractivity contribution in [1.29, 1.82) is 0 Å². The van der Waals surface area contributed by atoms with Crippen LogP contribution in [0.4, 0.5) is 0 Å². The molecule has 3 nitrogen and oxygen atoms in total. The predicted molar refractivity (Wildman–Crippen MR) is 74.8 cm³/mol. The average Bonchev–Trinajstić information content (AvgIpc) is 2.77. The number of carbonyl (C=O) groups is 1. The van der Waals surface area contributed by atoms with Gasteiger partial charge in [0.15, 0.2) is 0 Å². The average molecular weight is 256 g/mol. The highest BCUT2D eigenvalue weighted by molar-refractivity contribution is 7.80. The summed E-state index contributed by atoms with van der Waals surface area (Å²) in [6, 6.07) is 0. The molecule has 0 saturated heterocycles. The number of rotatable bonds is 7. The molecule has 1 aliphatic rings. The number of nitrogens with two attached hydrogens (primary N) is 1. The maximum Gasteiger partial charge on any atom is 0.222 e. The van der Waals surface area contributed by atoms with Crippen molar-refractivity contribution < 1.29 is 4.79 Å². The molecule has 0 aromatic heterocycles. The number of hydrogen-bond acceptors (Lipinski definition) is 2. The van der Waals surface area contributed by atoms with Crippen LogP contribution in [0.3, 0.4) is 0 Å². The standard InChI is InChI=1S/C13H24N2OS/c1-2-9-15(10-12(14)17)13(16)8-7-11-5-3-4-6-11/h11H,2-10H2,1H3,(H2,14,17). The van der Waals surface area contributed by atoms with Gasteiger partial charge in [0.2, 0.25) is 5.91 Å². The molecule has 1 aliphatic carbocycles. The highest BCUT2D eigenvalue weighted by Crippen LogP contribution is 2.28. The summed E-state index contributed by atoms with van der Waals surface area (Å²) in [7, 11) is 0. The van der Waals surface area contributed by atoms with E-state index in [4.69, 9.17) is 18.0 Å². The number of nitrogens with zero attached hydrogens (tertiary/aromatic N) is 1. The first-order chi connectivity index (χ1) is 8.13. The fourth-order valence-electron chi connectivity index (χ4n) is 2.53. The van der Waals surface area contributed by atoms with Crippen molar-refractivity contribution in [2.75, 3.05) is 13.1 Å². The van der Waals surface area contributed by atoms with Gasteiger partial charge in [-0.3, -0.25) is 4.79 Å². The molecular formula is C13H24N2OS. The van der Waals surface area contributed by atoms with E-state index in [1.165, 1.54) is 25.7 Å². The van der Waals surface area contributed by atoms with Gasteiger partial charge in [0.25, 0.3) is 0 Å². The first kappa shape index (κ1) is 14.4. The van der Waals surface area contributed by atoms with Crippen molar-refractivity contribution in [3.05, 3.63) is 0 Å². The Labute approximate surface area is 110 Å². The van der Waals surface area contributed by atoms with E-state index in [9.17, 15) is 4.79 Å². The Kier molecular flexibility index (Phi) is 6.48. The molecule has 0 bridgehead atoms. The van der Waals surface area contributed by atoms with E-state index in [1.54, 1.807) is 4.90 Å². The van der Waals surface area contributed by atoms with E-state index in [0.717, 1.165) is 25.3 Å². The Hall–Kier alpha value is -0.640. The van der Waals surface area contributed by atoms with Crippen molar-refractivity contribution in [3.63, 3.8) is 0 Å². The number of thiocarbonyl (C=S) groups is 1. The zero-order valence-corrected chi connectivity index (χ0v) is 11.6. The van der Waals surface area contributed by atoms with Gasteiger partial charge in [-0.15, -0.1) is 0 Å². The molecule has 0 aliphatic heterocycles. The van der Waals surface area contributed by atoms with Gasteiger partial charge < -0.3 is 10.6 Å². The Morgan fingerprint density at radius 1 is 1.41 bits per heavy atom. The molecule has 2 N–H and O–H groups in total. The second-order valence-electron chi connectivity index (χ2n) is 4.97. The minimum Gasteiger partial charge on any atom is -0.392 e. The van der Waals surface area contributed by atoms with Crippen molar-refractivity contribution in [3.8, 4) is 0 Å². The zero-order valence-electron chi connectivity index (χ0n) is 10.8.